The molecule has 6 nitrogen and oxygen atoms in total. The molecule has 2 N–H and O–H groups in total. The molecule has 26 heavy (non-hydrogen) atoms. The first-order valence-corrected chi connectivity index (χ1v) is 8.44. The minimum atomic E-state index is -0.458. The SMILES string of the molecule is Cc1ccc(C(=O)NNC(=O)COc2cccc3c2OC(C)(C)C3)cc1. The fourth-order valence-corrected chi connectivity index (χ4v) is 2.78. The van der Waals surface area contributed by atoms with Crippen LogP contribution in [0.3, 0.4) is 0 Å². The molecule has 2 aromatic rings. The number of amides is 2. The summed E-state index contributed by atoms with van der Waals surface area (Å²) in [5, 5.41) is 0. The number of ether oxygens (including phenoxy) is 2. The summed E-state index contributed by atoms with van der Waals surface area (Å²) in [6.07, 6.45) is 0.790. The van der Waals surface area contributed by atoms with E-state index in [4.69, 9.17) is 9.47 Å². The topological polar surface area (TPSA) is 76.7 Å². The Hall–Kier alpha value is -3.02. The Labute approximate surface area is 152 Å². The minimum Gasteiger partial charge on any atom is -0.483 e. The summed E-state index contributed by atoms with van der Waals surface area (Å²) in [5.74, 6) is 0.353. The highest BCUT2D eigenvalue weighted by molar-refractivity contribution is 5.95. The van der Waals surface area contributed by atoms with Crippen LogP contribution in [0.1, 0.15) is 35.3 Å². The Morgan fingerprint density at radius 1 is 1.12 bits per heavy atom. The first-order chi connectivity index (χ1) is 12.3. The molecular weight excluding hydrogens is 332 g/mol. The molecular formula is C20H22N2O4. The fraction of sp³-hybridized carbons (Fsp3) is 0.300. The smallest absolute Gasteiger partial charge is 0.276 e. The van der Waals surface area contributed by atoms with Gasteiger partial charge in [0.2, 0.25) is 0 Å². The summed E-state index contributed by atoms with van der Waals surface area (Å²) in [6, 6.07) is 12.7. The number of hydrogen-bond acceptors (Lipinski definition) is 4. The molecule has 3 rings (SSSR count). The molecule has 1 heterocycles. The predicted molar refractivity (Wildman–Crippen MR) is 97.1 cm³/mol. The molecule has 0 aromatic heterocycles. The van der Waals surface area contributed by atoms with E-state index in [0.29, 0.717) is 17.1 Å². The number of aryl methyl sites for hydroxylation is 1. The van der Waals surface area contributed by atoms with Gasteiger partial charge in [-0.05, 0) is 39.0 Å². The van der Waals surface area contributed by atoms with E-state index in [9.17, 15) is 9.59 Å². The standard InChI is InChI=1S/C20H22N2O4/c1-13-7-9-14(10-8-13)19(24)22-21-17(23)12-25-16-6-4-5-15-11-20(2,3)26-18(15)16/h4-10H,11-12H2,1-3H3,(H,21,23)(H,22,24). The largest absolute Gasteiger partial charge is 0.483 e. The molecule has 0 atom stereocenters. The average Bonchev–Trinajstić information content (AvgIpc) is 2.92. The van der Waals surface area contributed by atoms with Gasteiger partial charge >= 0.3 is 0 Å². The highest BCUT2D eigenvalue weighted by atomic mass is 16.5. The van der Waals surface area contributed by atoms with Crippen molar-refractivity contribution in [2.45, 2.75) is 32.8 Å². The molecule has 0 bridgehead atoms. The average molecular weight is 354 g/mol. The van der Waals surface area contributed by atoms with Crippen LogP contribution in [0.15, 0.2) is 42.5 Å². The minimum absolute atomic E-state index is 0.228. The molecule has 0 spiro atoms. The number of hydrazine groups is 1. The van der Waals surface area contributed by atoms with Crippen LogP contribution in [0.5, 0.6) is 11.5 Å². The summed E-state index contributed by atoms with van der Waals surface area (Å²) in [4.78, 5) is 23.9. The Balaban J connectivity index is 1.52. The van der Waals surface area contributed by atoms with Crippen LogP contribution in [0.2, 0.25) is 0 Å². The first kappa shape index (κ1) is 17.8. The number of fused-ring (bicyclic) bond motifs is 1. The van der Waals surface area contributed by atoms with Crippen LogP contribution in [-0.4, -0.2) is 24.0 Å². The van der Waals surface area contributed by atoms with Crippen LogP contribution in [-0.2, 0) is 11.2 Å². The lowest BCUT2D eigenvalue weighted by Gasteiger charge is -2.18. The van der Waals surface area contributed by atoms with Crippen LogP contribution in [0.25, 0.3) is 0 Å². The van der Waals surface area contributed by atoms with Crippen molar-refractivity contribution in [1.29, 1.82) is 0 Å². The molecule has 0 unspecified atom stereocenters. The zero-order valence-corrected chi connectivity index (χ0v) is 15.1. The van der Waals surface area contributed by atoms with Crippen molar-refractivity contribution in [3.63, 3.8) is 0 Å². The quantitative estimate of drug-likeness (QED) is 0.828. The van der Waals surface area contributed by atoms with E-state index < -0.39 is 5.91 Å². The van der Waals surface area contributed by atoms with Crippen molar-refractivity contribution < 1.29 is 19.1 Å². The van der Waals surface area contributed by atoms with Crippen molar-refractivity contribution in [3.05, 3.63) is 59.2 Å². The lowest BCUT2D eigenvalue weighted by atomic mass is 10.0. The second kappa shape index (κ2) is 7.07. The maximum absolute atomic E-state index is 12.0. The van der Waals surface area contributed by atoms with Crippen molar-refractivity contribution in [1.82, 2.24) is 10.9 Å². The van der Waals surface area contributed by atoms with Crippen LogP contribution < -0.4 is 20.3 Å². The third-order valence-corrected chi connectivity index (χ3v) is 4.04. The van der Waals surface area contributed by atoms with Gasteiger partial charge in [-0.3, -0.25) is 20.4 Å². The van der Waals surface area contributed by atoms with Gasteiger partial charge in [0.15, 0.2) is 18.1 Å². The summed E-state index contributed by atoms with van der Waals surface area (Å²) in [6.45, 7) is 5.72. The number of hydrogen-bond donors (Lipinski definition) is 2. The summed E-state index contributed by atoms with van der Waals surface area (Å²) in [5.41, 5.74) is 7.01. The monoisotopic (exact) mass is 354 g/mol. The lowest BCUT2D eigenvalue weighted by Crippen LogP contribution is -2.43. The number of carbonyl (C=O) groups is 2. The summed E-state index contributed by atoms with van der Waals surface area (Å²) in [7, 11) is 0. The van der Waals surface area contributed by atoms with E-state index in [2.05, 4.69) is 10.9 Å². The molecule has 136 valence electrons. The Bertz CT molecular complexity index is 828. The van der Waals surface area contributed by atoms with E-state index in [1.165, 1.54) is 0 Å². The van der Waals surface area contributed by atoms with Crippen LogP contribution in [0.4, 0.5) is 0 Å². The number of benzene rings is 2. The van der Waals surface area contributed by atoms with Crippen LogP contribution >= 0.6 is 0 Å². The van der Waals surface area contributed by atoms with Gasteiger partial charge < -0.3 is 9.47 Å². The summed E-state index contributed by atoms with van der Waals surface area (Å²) >= 11 is 0. The maximum Gasteiger partial charge on any atom is 0.276 e. The van der Waals surface area contributed by atoms with Gasteiger partial charge in [0, 0.05) is 17.5 Å². The van der Waals surface area contributed by atoms with Crippen LogP contribution in [0, 0.1) is 6.92 Å². The van der Waals surface area contributed by atoms with Gasteiger partial charge in [0.05, 0.1) is 0 Å². The molecule has 0 aliphatic carbocycles. The molecule has 0 radical (unpaired) electrons. The molecule has 0 saturated carbocycles. The van der Waals surface area contributed by atoms with Crippen molar-refractivity contribution in [2.24, 2.45) is 0 Å². The highest BCUT2D eigenvalue weighted by Gasteiger charge is 2.32. The highest BCUT2D eigenvalue weighted by Crippen LogP contribution is 2.41. The fourth-order valence-electron chi connectivity index (χ4n) is 2.78. The van der Waals surface area contributed by atoms with Gasteiger partial charge in [0.1, 0.15) is 5.60 Å². The first-order valence-electron chi connectivity index (χ1n) is 8.44. The molecule has 1 aliphatic rings. The van der Waals surface area contributed by atoms with Gasteiger partial charge in [-0.25, -0.2) is 0 Å². The molecule has 1 aliphatic heterocycles. The van der Waals surface area contributed by atoms with Crippen molar-refractivity contribution in [3.8, 4) is 11.5 Å². The third kappa shape index (κ3) is 4.14. The van der Waals surface area contributed by atoms with E-state index in [1.54, 1.807) is 18.2 Å². The third-order valence-electron chi connectivity index (χ3n) is 4.04. The lowest BCUT2D eigenvalue weighted by molar-refractivity contribution is -0.123. The second-order valence-electron chi connectivity index (χ2n) is 6.94. The number of rotatable bonds is 4. The normalized spacial score (nSPS) is 14.1. The number of nitrogens with one attached hydrogen (secondary N) is 2. The summed E-state index contributed by atoms with van der Waals surface area (Å²) < 4.78 is 11.5. The number of carbonyl (C=O) groups excluding carboxylic acids is 2. The maximum atomic E-state index is 12.0. The molecule has 2 aromatic carbocycles. The van der Waals surface area contributed by atoms with Gasteiger partial charge in [-0.2, -0.15) is 0 Å². The van der Waals surface area contributed by atoms with Gasteiger partial charge in [0.25, 0.3) is 11.8 Å². The Morgan fingerprint density at radius 3 is 2.58 bits per heavy atom. The van der Waals surface area contributed by atoms with Gasteiger partial charge in [-0.15, -0.1) is 0 Å². The molecule has 2 amide bonds. The molecule has 6 heteroatoms. The van der Waals surface area contributed by atoms with Crippen molar-refractivity contribution >= 4 is 11.8 Å². The Morgan fingerprint density at radius 2 is 1.85 bits per heavy atom. The molecule has 0 saturated heterocycles. The predicted octanol–water partition coefficient (Wildman–Crippen LogP) is 2.55. The second-order valence-corrected chi connectivity index (χ2v) is 6.94. The Kier molecular flexibility index (Phi) is 4.84. The zero-order chi connectivity index (χ0) is 18.7. The van der Waals surface area contributed by atoms with Gasteiger partial charge in [-0.1, -0.05) is 29.8 Å². The zero-order valence-electron chi connectivity index (χ0n) is 15.1. The van der Waals surface area contributed by atoms with E-state index in [0.717, 1.165) is 17.5 Å². The van der Waals surface area contributed by atoms with E-state index in [1.807, 2.05) is 45.0 Å². The molecule has 0 fully saturated rings. The van der Waals surface area contributed by atoms with E-state index in [-0.39, 0.29) is 18.1 Å². The number of para-hydroxylation sites is 1. The van der Waals surface area contributed by atoms with Crippen molar-refractivity contribution in [2.75, 3.05) is 6.61 Å². The van der Waals surface area contributed by atoms with E-state index >= 15 is 0 Å².